The predicted octanol–water partition coefficient (Wildman–Crippen LogP) is 2.65. The molecule has 1 amide bonds. The van der Waals surface area contributed by atoms with Crippen molar-refractivity contribution in [2.45, 2.75) is 63.3 Å². The van der Waals surface area contributed by atoms with E-state index < -0.39 is 0 Å². The van der Waals surface area contributed by atoms with Crippen molar-refractivity contribution >= 4 is 5.91 Å². The highest BCUT2D eigenvalue weighted by molar-refractivity contribution is 5.81. The van der Waals surface area contributed by atoms with Gasteiger partial charge in [-0.25, -0.2) is 0 Å². The molecule has 1 aliphatic heterocycles. The number of hydrogen-bond acceptors (Lipinski definition) is 4. The molecule has 0 saturated carbocycles. The molecule has 2 N–H and O–H groups in total. The summed E-state index contributed by atoms with van der Waals surface area (Å²) in [6, 6.07) is 10.7. The first-order valence-corrected chi connectivity index (χ1v) is 9.36. The van der Waals surface area contributed by atoms with E-state index in [-0.39, 0.29) is 24.3 Å². The molecular formula is C20H32N2O3. The van der Waals surface area contributed by atoms with Crippen LogP contribution in [0.15, 0.2) is 30.3 Å². The Morgan fingerprint density at radius 2 is 1.96 bits per heavy atom. The van der Waals surface area contributed by atoms with E-state index in [1.165, 1.54) is 5.56 Å². The molecule has 2 rings (SSSR count). The molecule has 0 bridgehead atoms. The fourth-order valence-corrected chi connectivity index (χ4v) is 3.37. The Morgan fingerprint density at radius 3 is 2.68 bits per heavy atom. The van der Waals surface area contributed by atoms with Gasteiger partial charge in [0.2, 0.25) is 5.91 Å². The first-order valence-electron chi connectivity index (χ1n) is 9.36. The van der Waals surface area contributed by atoms with E-state index in [4.69, 9.17) is 9.47 Å². The van der Waals surface area contributed by atoms with Gasteiger partial charge in [-0.1, -0.05) is 30.3 Å². The van der Waals surface area contributed by atoms with E-state index in [1.807, 2.05) is 6.07 Å². The van der Waals surface area contributed by atoms with Gasteiger partial charge in [-0.05, 0) is 44.1 Å². The van der Waals surface area contributed by atoms with Crippen molar-refractivity contribution < 1.29 is 14.3 Å². The second-order valence-corrected chi connectivity index (χ2v) is 6.72. The summed E-state index contributed by atoms with van der Waals surface area (Å²) in [6.07, 6.45) is 6.74. The van der Waals surface area contributed by atoms with Gasteiger partial charge in [0.05, 0.1) is 6.04 Å². The summed E-state index contributed by atoms with van der Waals surface area (Å²) in [5.74, 6) is 0.121. The molecule has 0 aliphatic carbocycles. The lowest BCUT2D eigenvalue weighted by Gasteiger charge is -2.31. The maximum atomic E-state index is 12.4. The molecule has 2 atom stereocenters. The number of methoxy groups -OCH3 is 2. The number of aryl methyl sites for hydroxylation is 1. The number of hydrogen-bond donors (Lipinski definition) is 2. The van der Waals surface area contributed by atoms with Crippen molar-refractivity contribution in [3.63, 3.8) is 0 Å². The third-order valence-electron chi connectivity index (χ3n) is 4.84. The van der Waals surface area contributed by atoms with Crippen molar-refractivity contribution in [1.29, 1.82) is 0 Å². The lowest BCUT2D eigenvalue weighted by molar-refractivity contribution is -0.126. The smallest absolute Gasteiger partial charge is 0.237 e. The van der Waals surface area contributed by atoms with Crippen LogP contribution in [0.2, 0.25) is 0 Å². The van der Waals surface area contributed by atoms with Gasteiger partial charge in [0, 0.05) is 33.2 Å². The Bertz CT molecular complexity index is 491. The molecule has 0 spiro atoms. The Balaban J connectivity index is 1.62. The van der Waals surface area contributed by atoms with Gasteiger partial charge in [0.15, 0.2) is 6.29 Å². The Labute approximate surface area is 151 Å². The summed E-state index contributed by atoms with van der Waals surface area (Å²) in [5, 5.41) is 6.52. The second kappa shape index (κ2) is 11.2. The number of carbonyl (C=O) groups is 1. The van der Waals surface area contributed by atoms with Crippen LogP contribution in [0.1, 0.15) is 44.1 Å². The van der Waals surface area contributed by atoms with E-state index >= 15 is 0 Å². The Morgan fingerprint density at radius 1 is 1.20 bits per heavy atom. The van der Waals surface area contributed by atoms with Crippen LogP contribution < -0.4 is 10.6 Å². The van der Waals surface area contributed by atoms with Crippen LogP contribution >= 0.6 is 0 Å². The van der Waals surface area contributed by atoms with Gasteiger partial charge in [-0.3, -0.25) is 4.79 Å². The molecule has 0 radical (unpaired) electrons. The molecule has 1 heterocycles. The topological polar surface area (TPSA) is 59.6 Å². The number of amides is 1. The molecule has 25 heavy (non-hydrogen) atoms. The van der Waals surface area contributed by atoms with Crippen LogP contribution in [0.4, 0.5) is 0 Å². The third-order valence-corrected chi connectivity index (χ3v) is 4.84. The van der Waals surface area contributed by atoms with Crippen molar-refractivity contribution in [3.8, 4) is 0 Å². The monoisotopic (exact) mass is 348 g/mol. The molecule has 1 aliphatic rings. The summed E-state index contributed by atoms with van der Waals surface area (Å²) in [4.78, 5) is 12.4. The number of unbranched alkanes of at least 4 members (excludes halogenated alkanes) is 1. The van der Waals surface area contributed by atoms with Gasteiger partial charge in [-0.15, -0.1) is 0 Å². The molecule has 140 valence electrons. The number of ether oxygens (including phenoxy) is 2. The van der Waals surface area contributed by atoms with Crippen LogP contribution in [0.3, 0.4) is 0 Å². The van der Waals surface area contributed by atoms with E-state index in [0.717, 1.165) is 51.5 Å². The molecule has 1 fully saturated rings. The molecule has 5 heteroatoms. The maximum absolute atomic E-state index is 12.4. The summed E-state index contributed by atoms with van der Waals surface area (Å²) in [5.41, 5.74) is 1.36. The molecule has 1 saturated heterocycles. The van der Waals surface area contributed by atoms with Crippen molar-refractivity contribution in [1.82, 2.24) is 10.6 Å². The quantitative estimate of drug-likeness (QED) is 0.504. The van der Waals surface area contributed by atoms with Crippen molar-refractivity contribution in [2.75, 3.05) is 20.8 Å². The van der Waals surface area contributed by atoms with E-state index in [1.54, 1.807) is 14.2 Å². The summed E-state index contributed by atoms with van der Waals surface area (Å²) in [7, 11) is 3.30. The van der Waals surface area contributed by atoms with Crippen LogP contribution in [0.5, 0.6) is 0 Å². The number of benzene rings is 1. The predicted molar refractivity (Wildman–Crippen MR) is 99.4 cm³/mol. The number of carbonyl (C=O) groups excluding carboxylic acids is 1. The fourth-order valence-electron chi connectivity index (χ4n) is 3.37. The van der Waals surface area contributed by atoms with E-state index in [0.29, 0.717) is 0 Å². The van der Waals surface area contributed by atoms with E-state index in [9.17, 15) is 4.79 Å². The van der Waals surface area contributed by atoms with E-state index in [2.05, 4.69) is 34.9 Å². The lowest BCUT2D eigenvalue weighted by Crippen LogP contribution is -2.52. The average Bonchev–Trinajstić information content (AvgIpc) is 2.66. The number of piperidine rings is 1. The summed E-state index contributed by atoms with van der Waals surface area (Å²) >= 11 is 0. The van der Waals surface area contributed by atoms with Crippen LogP contribution in [-0.2, 0) is 20.7 Å². The standard InChI is InChI=1S/C20H32N2O3/c1-24-19(25-2)15-17-12-8-13-18(22-17)20(23)21-14-7-6-11-16-9-4-3-5-10-16/h3-5,9-10,17-19,22H,6-8,11-15H2,1-2H3,(H,21,23). The third kappa shape index (κ3) is 7.14. The number of nitrogens with one attached hydrogen (secondary N) is 2. The summed E-state index contributed by atoms with van der Waals surface area (Å²) in [6.45, 7) is 0.743. The van der Waals surface area contributed by atoms with Crippen LogP contribution in [-0.4, -0.2) is 45.0 Å². The number of rotatable bonds is 10. The molecule has 0 aromatic heterocycles. The minimum absolute atomic E-state index is 0.0952. The molecule has 2 unspecified atom stereocenters. The molecule has 1 aromatic carbocycles. The first kappa shape index (κ1) is 19.9. The lowest BCUT2D eigenvalue weighted by atomic mass is 9.95. The van der Waals surface area contributed by atoms with Gasteiger partial charge in [-0.2, -0.15) is 0 Å². The SMILES string of the molecule is COC(CC1CCCC(C(=O)NCCCCc2ccccc2)N1)OC. The second-order valence-electron chi connectivity index (χ2n) is 6.72. The molecular weight excluding hydrogens is 316 g/mol. The van der Waals surface area contributed by atoms with Crippen LogP contribution in [0, 0.1) is 0 Å². The summed E-state index contributed by atoms with van der Waals surface area (Å²) < 4.78 is 10.5. The van der Waals surface area contributed by atoms with Gasteiger partial charge in [0.25, 0.3) is 0 Å². The highest BCUT2D eigenvalue weighted by Gasteiger charge is 2.27. The van der Waals surface area contributed by atoms with Crippen molar-refractivity contribution in [2.24, 2.45) is 0 Å². The van der Waals surface area contributed by atoms with Crippen molar-refractivity contribution in [3.05, 3.63) is 35.9 Å². The Kier molecular flexibility index (Phi) is 8.94. The zero-order chi connectivity index (χ0) is 17.9. The highest BCUT2D eigenvalue weighted by atomic mass is 16.7. The van der Waals surface area contributed by atoms with Gasteiger partial charge >= 0.3 is 0 Å². The Hall–Kier alpha value is -1.43. The zero-order valence-corrected chi connectivity index (χ0v) is 15.5. The largest absolute Gasteiger partial charge is 0.356 e. The normalized spacial score (nSPS) is 20.6. The van der Waals surface area contributed by atoms with Gasteiger partial charge in [0.1, 0.15) is 0 Å². The maximum Gasteiger partial charge on any atom is 0.237 e. The highest BCUT2D eigenvalue weighted by Crippen LogP contribution is 2.17. The molecule has 1 aromatic rings. The first-order chi connectivity index (χ1) is 12.2. The molecule has 5 nitrogen and oxygen atoms in total. The fraction of sp³-hybridized carbons (Fsp3) is 0.650. The average molecular weight is 348 g/mol. The zero-order valence-electron chi connectivity index (χ0n) is 15.5. The van der Waals surface area contributed by atoms with Crippen LogP contribution in [0.25, 0.3) is 0 Å². The minimum Gasteiger partial charge on any atom is -0.356 e. The minimum atomic E-state index is -0.211. The van der Waals surface area contributed by atoms with Gasteiger partial charge < -0.3 is 20.1 Å².